The zero-order valence-corrected chi connectivity index (χ0v) is 11.6. The van der Waals surface area contributed by atoms with Crippen molar-refractivity contribution in [3.63, 3.8) is 0 Å². The van der Waals surface area contributed by atoms with Gasteiger partial charge in [0.1, 0.15) is 0 Å². The topological polar surface area (TPSA) is 38.0 Å². The van der Waals surface area contributed by atoms with Crippen molar-refractivity contribution in [2.45, 2.75) is 26.7 Å². The molecule has 0 aliphatic rings. The Hall–Kier alpha value is -0.570. The molecule has 2 nitrogen and oxygen atoms in total. The molecule has 17 heavy (non-hydrogen) atoms. The van der Waals surface area contributed by atoms with Crippen molar-refractivity contribution in [3.8, 4) is 0 Å². The van der Waals surface area contributed by atoms with Crippen LogP contribution in [0.2, 0.25) is 5.02 Å². The van der Waals surface area contributed by atoms with E-state index in [0.717, 1.165) is 37.5 Å². The molecule has 0 aromatic heterocycles. The van der Waals surface area contributed by atoms with Gasteiger partial charge in [-0.2, -0.15) is 0 Å². The van der Waals surface area contributed by atoms with Crippen LogP contribution in [0, 0.1) is 5.41 Å². The van der Waals surface area contributed by atoms with Gasteiger partial charge < -0.3 is 11.1 Å². The summed E-state index contributed by atoms with van der Waals surface area (Å²) in [6.07, 6.45) is 2.16. The minimum Gasteiger partial charge on any atom is -0.330 e. The van der Waals surface area contributed by atoms with Crippen molar-refractivity contribution in [1.29, 1.82) is 0 Å². The van der Waals surface area contributed by atoms with Crippen molar-refractivity contribution < 1.29 is 0 Å². The first-order valence-electron chi connectivity index (χ1n) is 6.19. The summed E-state index contributed by atoms with van der Waals surface area (Å²) in [4.78, 5) is 0. The number of nitrogens with two attached hydrogens (primary N) is 1. The Bertz CT molecular complexity index is 319. The van der Waals surface area contributed by atoms with Gasteiger partial charge in [-0.1, -0.05) is 37.6 Å². The first kappa shape index (κ1) is 14.5. The Kier molecular flexibility index (Phi) is 5.96. The molecule has 0 saturated carbocycles. The summed E-state index contributed by atoms with van der Waals surface area (Å²) in [5.41, 5.74) is 7.25. The number of halogens is 1. The second kappa shape index (κ2) is 7.00. The molecular formula is C14H23ClN2. The number of nitrogens with one attached hydrogen (secondary N) is 1. The highest BCUT2D eigenvalue weighted by molar-refractivity contribution is 6.30. The molecule has 96 valence electrons. The molecule has 0 heterocycles. The molecule has 0 radical (unpaired) electrons. The van der Waals surface area contributed by atoms with Crippen molar-refractivity contribution >= 4 is 11.6 Å². The average Bonchev–Trinajstić information content (AvgIpc) is 2.31. The maximum Gasteiger partial charge on any atom is 0.0406 e. The molecule has 0 unspecified atom stereocenters. The highest BCUT2D eigenvalue weighted by atomic mass is 35.5. The third-order valence-electron chi connectivity index (χ3n) is 3.03. The van der Waals surface area contributed by atoms with E-state index in [0.29, 0.717) is 0 Å². The van der Waals surface area contributed by atoms with Crippen LogP contribution in [0.4, 0.5) is 0 Å². The van der Waals surface area contributed by atoms with Crippen LogP contribution in [0.15, 0.2) is 24.3 Å². The molecule has 3 heteroatoms. The third kappa shape index (κ3) is 6.06. The fraction of sp³-hybridized carbons (Fsp3) is 0.571. The summed E-state index contributed by atoms with van der Waals surface area (Å²) in [7, 11) is 0. The molecule has 0 atom stereocenters. The van der Waals surface area contributed by atoms with Gasteiger partial charge in [0.05, 0.1) is 0 Å². The molecule has 3 N–H and O–H groups in total. The fourth-order valence-corrected chi connectivity index (χ4v) is 1.66. The van der Waals surface area contributed by atoms with Crippen molar-refractivity contribution in [2.24, 2.45) is 11.1 Å². The number of hydrogen-bond donors (Lipinski definition) is 2. The van der Waals surface area contributed by atoms with Gasteiger partial charge in [-0.3, -0.25) is 0 Å². The smallest absolute Gasteiger partial charge is 0.0406 e. The van der Waals surface area contributed by atoms with Gasteiger partial charge in [0.2, 0.25) is 0 Å². The lowest BCUT2D eigenvalue weighted by atomic mass is 9.90. The van der Waals surface area contributed by atoms with Crippen molar-refractivity contribution in [1.82, 2.24) is 5.32 Å². The van der Waals surface area contributed by atoms with E-state index < -0.39 is 0 Å². The number of benzene rings is 1. The lowest BCUT2D eigenvalue weighted by molar-refractivity contribution is 0.340. The van der Waals surface area contributed by atoms with E-state index >= 15 is 0 Å². The Morgan fingerprint density at radius 2 is 1.82 bits per heavy atom. The molecule has 1 aromatic carbocycles. The zero-order chi connectivity index (χ0) is 12.7. The maximum atomic E-state index is 5.83. The summed E-state index contributed by atoms with van der Waals surface area (Å²) in [5, 5.41) is 4.25. The Morgan fingerprint density at radius 1 is 1.18 bits per heavy atom. The minimum absolute atomic E-state index is 0.243. The zero-order valence-electron chi connectivity index (χ0n) is 10.8. The molecule has 0 fully saturated rings. The summed E-state index contributed by atoms with van der Waals surface area (Å²) >= 11 is 5.83. The van der Waals surface area contributed by atoms with Gasteiger partial charge in [-0.05, 0) is 55.6 Å². The van der Waals surface area contributed by atoms with E-state index in [2.05, 4.69) is 31.3 Å². The lowest BCUT2D eigenvalue weighted by Crippen LogP contribution is -2.29. The third-order valence-corrected chi connectivity index (χ3v) is 3.29. The highest BCUT2D eigenvalue weighted by Gasteiger charge is 2.13. The second-order valence-corrected chi connectivity index (χ2v) is 5.68. The molecule has 1 rings (SSSR count). The number of hydrogen-bond acceptors (Lipinski definition) is 2. The Labute approximate surface area is 110 Å². The fourth-order valence-electron chi connectivity index (χ4n) is 1.54. The SMILES string of the molecule is CC(C)(CN)CCNCCc1ccc(Cl)cc1. The second-order valence-electron chi connectivity index (χ2n) is 5.24. The average molecular weight is 255 g/mol. The van der Waals surface area contributed by atoms with Crippen LogP contribution >= 0.6 is 11.6 Å². The van der Waals surface area contributed by atoms with E-state index in [1.807, 2.05) is 12.1 Å². The molecular weight excluding hydrogens is 232 g/mol. The largest absolute Gasteiger partial charge is 0.330 e. The van der Waals surface area contributed by atoms with E-state index in [9.17, 15) is 0 Å². The molecule has 0 saturated heterocycles. The van der Waals surface area contributed by atoms with E-state index in [1.165, 1.54) is 5.56 Å². The molecule has 1 aromatic rings. The monoisotopic (exact) mass is 254 g/mol. The molecule has 0 amide bonds. The highest BCUT2D eigenvalue weighted by Crippen LogP contribution is 2.16. The number of rotatable bonds is 7. The first-order valence-corrected chi connectivity index (χ1v) is 6.56. The van der Waals surface area contributed by atoms with Crippen LogP contribution in [0.1, 0.15) is 25.8 Å². The molecule has 0 spiro atoms. The maximum absolute atomic E-state index is 5.83. The van der Waals surface area contributed by atoms with Crippen LogP contribution in [-0.4, -0.2) is 19.6 Å². The van der Waals surface area contributed by atoms with Gasteiger partial charge in [0.15, 0.2) is 0 Å². The Balaban J connectivity index is 2.14. The van der Waals surface area contributed by atoms with Crippen LogP contribution in [0.3, 0.4) is 0 Å². The van der Waals surface area contributed by atoms with E-state index in [1.54, 1.807) is 0 Å². The molecule has 0 aliphatic carbocycles. The van der Waals surface area contributed by atoms with Gasteiger partial charge >= 0.3 is 0 Å². The summed E-state index contributed by atoms with van der Waals surface area (Å²) in [6, 6.07) is 8.03. The van der Waals surface area contributed by atoms with Crippen molar-refractivity contribution in [2.75, 3.05) is 19.6 Å². The summed E-state index contributed by atoms with van der Waals surface area (Å²) < 4.78 is 0. The van der Waals surface area contributed by atoms with E-state index in [-0.39, 0.29) is 5.41 Å². The molecule has 0 aliphatic heterocycles. The summed E-state index contributed by atoms with van der Waals surface area (Å²) in [5.74, 6) is 0. The quantitative estimate of drug-likeness (QED) is 0.735. The minimum atomic E-state index is 0.243. The molecule has 0 bridgehead atoms. The van der Waals surface area contributed by atoms with Crippen LogP contribution in [-0.2, 0) is 6.42 Å². The van der Waals surface area contributed by atoms with Crippen LogP contribution in [0.25, 0.3) is 0 Å². The van der Waals surface area contributed by atoms with Gasteiger partial charge in [0, 0.05) is 5.02 Å². The summed E-state index contributed by atoms with van der Waals surface area (Å²) in [6.45, 7) is 7.17. The Morgan fingerprint density at radius 3 is 2.41 bits per heavy atom. The predicted molar refractivity (Wildman–Crippen MR) is 75.5 cm³/mol. The predicted octanol–water partition coefficient (Wildman–Crippen LogP) is 2.85. The van der Waals surface area contributed by atoms with Gasteiger partial charge in [-0.25, -0.2) is 0 Å². The normalized spacial score (nSPS) is 11.8. The van der Waals surface area contributed by atoms with Crippen LogP contribution < -0.4 is 11.1 Å². The van der Waals surface area contributed by atoms with Crippen molar-refractivity contribution in [3.05, 3.63) is 34.9 Å². The lowest BCUT2D eigenvalue weighted by Gasteiger charge is -2.22. The van der Waals surface area contributed by atoms with E-state index in [4.69, 9.17) is 17.3 Å². The van der Waals surface area contributed by atoms with Crippen LogP contribution in [0.5, 0.6) is 0 Å². The first-order chi connectivity index (χ1) is 8.03. The standard InChI is InChI=1S/C14H23ClN2/c1-14(2,11-16)8-10-17-9-7-12-3-5-13(15)6-4-12/h3-6,17H,7-11,16H2,1-2H3. The van der Waals surface area contributed by atoms with Gasteiger partial charge in [-0.15, -0.1) is 0 Å². The van der Waals surface area contributed by atoms with Gasteiger partial charge in [0.25, 0.3) is 0 Å².